The van der Waals surface area contributed by atoms with Gasteiger partial charge in [-0.05, 0) is 25.1 Å². The summed E-state index contributed by atoms with van der Waals surface area (Å²) in [5, 5.41) is 13.3. The molecule has 0 aliphatic heterocycles. The second-order valence-electron chi connectivity index (χ2n) is 4.41. The maximum atomic E-state index is 12.0. The zero-order valence-corrected chi connectivity index (χ0v) is 13.4. The Hall–Kier alpha value is -2.45. The number of halogens is 1. The van der Waals surface area contributed by atoms with E-state index in [4.69, 9.17) is 16.3 Å². The molecule has 23 heavy (non-hydrogen) atoms. The smallest absolute Gasteiger partial charge is 0.349 e. The van der Waals surface area contributed by atoms with Crippen LogP contribution in [0.25, 0.3) is 0 Å². The van der Waals surface area contributed by atoms with E-state index < -0.39 is 22.9 Å². The third kappa shape index (κ3) is 4.27. The number of hydrogen-bond donors (Lipinski definition) is 1. The third-order valence-corrected chi connectivity index (χ3v) is 4.00. The van der Waals surface area contributed by atoms with E-state index in [9.17, 15) is 19.7 Å². The molecule has 0 saturated carbocycles. The molecule has 1 amide bonds. The van der Waals surface area contributed by atoms with E-state index in [2.05, 4.69) is 5.32 Å². The molecule has 0 saturated heterocycles. The second kappa shape index (κ2) is 7.21. The average molecular weight is 355 g/mol. The van der Waals surface area contributed by atoms with Gasteiger partial charge in [0.15, 0.2) is 6.10 Å². The van der Waals surface area contributed by atoms with E-state index in [1.165, 1.54) is 31.2 Å². The number of nitrogens with one attached hydrogen (secondary N) is 1. The molecule has 0 aliphatic carbocycles. The fourth-order valence-electron chi connectivity index (χ4n) is 1.67. The summed E-state index contributed by atoms with van der Waals surface area (Å²) >= 11 is 6.76. The molecule has 0 fully saturated rings. The molecule has 0 radical (unpaired) electrons. The summed E-state index contributed by atoms with van der Waals surface area (Å²) in [6, 6.07) is 8.72. The van der Waals surface area contributed by atoms with E-state index >= 15 is 0 Å². The standard InChI is InChI=1S/C14H11ClN2O5S/c1-8(22-14(19)11-6-7-12(15)23-11)13(18)16-9-4-2-3-5-10(9)17(20)21/h2-8H,1H3,(H,16,18)/t8-/m1/s1. The lowest BCUT2D eigenvalue weighted by molar-refractivity contribution is -0.383. The molecule has 1 aromatic carbocycles. The Bertz CT molecular complexity index is 761. The van der Waals surface area contributed by atoms with Gasteiger partial charge >= 0.3 is 5.97 Å². The van der Waals surface area contributed by atoms with Crippen molar-refractivity contribution in [3.63, 3.8) is 0 Å². The summed E-state index contributed by atoms with van der Waals surface area (Å²) < 4.78 is 5.44. The van der Waals surface area contributed by atoms with Gasteiger partial charge in [0.05, 0.1) is 9.26 Å². The maximum Gasteiger partial charge on any atom is 0.349 e. The fourth-order valence-corrected chi connectivity index (χ4v) is 2.60. The van der Waals surface area contributed by atoms with E-state index in [1.54, 1.807) is 12.1 Å². The quantitative estimate of drug-likeness (QED) is 0.503. The minimum absolute atomic E-state index is 0.0320. The molecule has 0 bridgehead atoms. The van der Waals surface area contributed by atoms with Crippen molar-refractivity contribution in [1.29, 1.82) is 0 Å². The third-order valence-electron chi connectivity index (χ3n) is 2.79. The number of nitro benzene ring substituents is 1. The monoisotopic (exact) mass is 354 g/mol. The van der Waals surface area contributed by atoms with Gasteiger partial charge in [-0.2, -0.15) is 0 Å². The minimum atomic E-state index is -1.12. The van der Waals surface area contributed by atoms with Crippen LogP contribution in [0.5, 0.6) is 0 Å². The van der Waals surface area contributed by atoms with Gasteiger partial charge < -0.3 is 10.1 Å². The molecule has 9 heteroatoms. The molecule has 2 aromatic rings. The number of rotatable bonds is 5. The second-order valence-corrected chi connectivity index (χ2v) is 6.13. The number of carbonyl (C=O) groups is 2. The highest BCUT2D eigenvalue weighted by atomic mass is 35.5. The minimum Gasteiger partial charge on any atom is -0.448 e. The van der Waals surface area contributed by atoms with Crippen LogP contribution >= 0.6 is 22.9 Å². The molecule has 0 unspecified atom stereocenters. The molecular weight excluding hydrogens is 344 g/mol. The van der Waals surface area contributed by atoms with Crippen molar-refractivity contribution in [2.45, 2.75) is 13.0 Å². The van der Waals surface area contributed by atoms with Crippen molar-refractivity contribution in [2.75, 3.05) is 5.32 Å². The van der Waals surface area contributed by atoms with Crippen molar-refractivity contribution < 1.29 is 19.2 Å². The number of para-hydroxylation sites is 2. The van der Waals surface area contributed by atoms with Crippen LogP contribution in [-0.2, 0) is 9.53 Å². The Labute approximate surface area is 140 Å². The normalized spacial score (nSPS) is 11.6. The Morgan fingerprint density at radius 3 is 2.61 bits per heavy atom. The predicted molar refractivity (Wildman–Crippen MR) is 85.9 cm³/mol. The highest BCUT2D eigenvalue weighted by Gasteiger charge is 2.22. The largest absolute Gasteiger partial charge is 0.448 e. The molecule has 1 N–H and O–H groups in total. The maximum absolute atomic E-state index is 12.0. The van der Waals surface area contributed by atoms with Crippen LogP contribution in [0.4, 0.5) is 11.4 Å². The lowest BCUT2D eigenvalue weighted by Gasteiger charge is -2.13. The number of carbonyl (C=O) groups excluding carboxylic acids is 2. The molecule has 7 nitrogen and oxygen atoms in total. The van der Waals surface area contributed by atoms with Crippen LogP contribution in [0.3, 0.4) is 0 Å². The van der Waals surface area contributed by atoms with Gasteiger partial charge in [0.1, 0.15) is 10.6 Å². The fraction of sp³-hybridized carbons (Fsp3) is 0.143. The Morgan fingerprint density at radius 2 is 2.00 bits per heavy atom. The molecule has 1 aromatic heterocycles. The zero-order chi connectivity index (χ0) is 17.0. The van der Waals surface area contributed by atoms with E-state index in [0.717, 1.165) is 11.3 Å². The van der Waals surface area contributed by atoms with Gasteiger partial charge in [0.2, 0.25) is 0 Å². The van der Waals surface area contributed by atoms with Crippen molar-refractivity contribution in [3.05, 3.63) is 55.7 Å². The number of nitro groups is 1. The van der Waals surface area contributed by atoms with Crippen LogP contribution in [-0.4, -0.2) is 22.9 Å². The molecule has 1 atom stereocenters. The molecule has 1 heterocycles. The number of benzene rings is 1. The first-order chi connectivity index (χ1) is 10.9. The lowest BCUT2D eigenvalue weighted by atomic mass is 10.2. The highest BCUT2D eigenvalue weighted by molar-refractivity contribution is 7.17. The van der Waals surface area contributed by atoms with Crippen LogP contribution in [0, 0.1) is 10.1 Å². The van der Waals surface area contributed by atoms with Gasteiger partial charge in [-0.15, -0.1) is 11.3 Å². The van der Waals surface area contributed by atoms with Gasteiger partial charge in [-0.3, -0.25) is 14.9 Å². The van der Waals surface area contributed by atoms with Crippen LogP contribution in [0.2, 0.25) is 4.34 Å². The van der Waals surface area contributed by atoms with Gasteiger partial charge in [-0.25, -0.2) is 4.79 Å². The summed E-state index contributed by atoms with van der Waals surface area (Å²) in [6.45, 7) is 1.37. The Morgan fingerprint density at radius 1 is 1.30 bits per heavy atom. The number of amides is 1. The van der Waals surface area contributed by atoms with Crippen LogP contribution in [0.15, 0.2) is 36.4 Å². The topological polar surface area (TPSA) is 98.5 Å². The summed E-state index contributed by atoms with van der Waals surface area (Å²) in [6.07, 6.45) is -1.12. The highest BCUT2D eigenvalue weighted by Crippen LogP contribution is 2.24. The molecule has 120 valence electrons. The van der Waals surface area contributed by atoms with Crippen molar-refractivity contribution in [1.82, 2.24) is 0 Å². The van der Waals surface area contributed by atoms with Crippen LogP contribution in [0.1, 0.15) is 16.6 Å². The molecule has 0 spiro atoms. The number of anilines is 1. The van der Waals surface area contributed by atoms with E-state index in [0.29, 0.717) is 4.34 Å². The number of ether oxygens (including phenoxy) is 1. The molecular formula is C14H11ClN2O5S. The Balaban J connectivity index is 2.03. The average Bonchev–Trinajstić information content (AvgIpc) is 2.94. The predicted octanol–water partition coefficient (Wildman–Crippen LogP) is 3.49. The first kappa shape index (κ1) is 16.9. The SMILES string of the molecule is C[C@@H](OC(=O)c1ccc(Cl)s1)C(=O)Nc1ccccc1[N+](=O)[O-]. The van der Waals surface area contributed by atoms with Crippen LogP contribution < -0.4 is 5.32 Å². The Kier molecular flexibility index (Phi) is 5.30. The number of thiophene rings is 1. The summed E-state index contributed by atoms with van der Waals surface area (Å²) in [5.74, 6) is -1.36. The molecule has 2 rings (SSSR count). The van der Waals surface area contributed by atoms with Crippen molar-refractivity contribution in [3.8, 4) is 0 Å². The summed E-state index contributed by atoms with van der Waals surface area (Å²) in [4.78, 5) is 34.4. The number of hydrogen-bond acceptors (Lipinski definition) is 6. The number of esters is 1. The zero-order valence-electron chi connectivity index (χ0n) is 11.8. The van der Waals surface area contributed by atoms with Crippen molar-refractivity contribution >= 4 is 46.2 Å². The molecule has 0 aliphatic rings. The first-order valence-electron chi connectivity index (χ1n) is 6.39. The summed E-state index contributed by atoms with van der Waals surface area (Å²) in [7, 11) is 0. The number of nitrogens with zero attached hydrogens (tertiary/aromatic N) is 1. The van der Waals surface area contributed by atoms with Gasteiger partial charge in [0.25, 0.3) is 11.6 Å². The lowest BCUT2D eigenvalue weighted by Crippen LogP contribution is -2.30. The summed E-state index contributed by atoms with van der Waals surface area (Å²) in [5.41, 5.74) is -0.214. The van der Waals surface area contributed by atoms with E-state index in [1.807, 2.05) is 0 Å². The van der Waals surface area contributed by atoms with E-state index in [-0.39, 0.29) is 16.3 Å². The van der Waals surface area contributed by atoms with Gasteiger partial charge in [0, 0.05) is 6.07 Å². The van der Waals surface area contributed by atoms with Gasteiger partial charge in [-0.1, -0.05) is 23.7 Å². The first-order valence-corrected chi connectivity index (χ1v) is 7.58. The van der Waals surface area contributed by atoms with Crippen molar-refractivity contribution in [2.24, 2.45) is 0 Å².